The zero-order chi connectivity index (χ0) is 9.97. The number of nitrogens with zero attached hydrogens (tertiary/aromatic N) is 2. The van der Waals surface area contributed by atoms with Crippen molar-refractivity contribution >= 4 is 5.84 Å². The summed E-state index contributed by atoms with van der Waals surface area (Å²) in [5, 5.41) is 7.89. The molecule has 1 aliphatic heterocycles. The second-order valence-corrected chi connectivity index (χ2v) is 4.63. The van der Waals surface area contributed by atoms with Gasteiger partial charge < -0.3 is 9.80 Å². The molecule has 0 amide bonds. The van der Waals surface area contributed by atoms with Crippen molar-refractivity contribution in [2.24, 2.45) is 5.92 Å². The molecule has 0 bridgehead atoms. The summed E-state index contributed by atoms with van der Waals surface area (Å²) in [5.74, 6) is 1.46. The van der Waals surface area contributed by atoms with Crippen molar-refractivity contribution in [3.8, 4) is 0 Å². The number of hydrogen-bond donors (Lipinski definition) is 1. The van der Waals surface area contributed by atoms with Gasteiger partial charge in [-0.15, -0.1) is 0 Å². The first-order valence-corrected chi connectivity index (χ1v) is 5.79. The largest absolute Gasteiger partial charge is 0.362 e. The predicted molar refractivity (Wildman–Crippen MR) is 58.8 cm³/mol. The van der Waals surface area contributed by atoms with Gasteiger partial charge in [-0.05, 0) is 38.8 Å². The van der Waals surface area contributed by atoms with Gasteiger partial charge in [0.25, 0.3) is 0 Å². The monoisotopic (exact) mass is 195 g/mol. The molecule has 0 atom stereocenters. The standard InChI is InChI=1S/C11H21N3/c1-13(11(12)10-4-5-10)8-9-14-6-2-3-7-14/h10,12H,2-9H2,1H3. The minimum Gasteiger partial charge on any atom is -0.362 e. The SMILES string of the molecule is CN(CCN1CCCC1)C(=N)C1CC1. The summed E-state index contributed by atoms with van der Waals surface area (Å²) in [4.78, 5) is 4.65. The summed E-state index contributed by atoms with van der Waals surface area (Å²) in [7, 11) is 2.07. The summed E-state index contributed by atoms with van der Waals surface area (Å²) < 4.78 is 0. The van der Waals surface area contributed by atoms with Crippen LogP contribution in [0.3, 0.4) is 0 Å². The summed E-state index contributed by atoms with van der Waals surface area (Å²) in [6.45, 7) is 4.72. The third-order valence-electron chi connectivity index (χ3n) is 3.33. The Balaban J connectivity index is 1.65. The molecule has 0 radical (unpaired) electrons. The van der Waals surface area contributed by atoms with Gasteiger partial charge in [-0.2, -0.15) is 0 Å². The van der Waals surface area contributed by atoms with E-state index >= 15 is 0 Å². The van der Waals surface area contributed by atoms with Gasteiger partial charge in [0, 0.05) is 26.1 Å². The van der Waals surface area contributed by atoms with Crippen molar-refractivity contribution in [2.45, 2.75) is 25.7 Å². The highest BCUT2D eigenvalue weighted by atomic mass is 15.2. The van der Waals surface area contributed by atoms with E-state index in [9.17, 15) is 0 Å². The maximum Gasteiger partial charge on any atom is 0.0987 e. The topological polar surface area (TPSA) is 30.3 Å². The van der Waals surface area contributed by atoms with E-state index in [2.05, 4.69) is 16.8 Å². The Morgan fingerprint density at radius 3 is 2.57 bits per heavy atom. The average molecular weight is 195 g/mol. The lowest BCUT2D eigenvalue weighted by molar-refractivity contribution is 0.305. The van der Waals surface area contributed by atoms with E-state index < -0.39 is 0 Å². The van der Waals surface area contributed by atoms with Gasteiger partial charge >= 0.3 is 0 Å². The Kier molecular flexibility index (Phi) is 3.06. The first-order valence-electron chi connectivity index (χ1n) is 5.79. The van der Waals surface area contributed by atoms with Crippen molar-refractivity contribution < 1.29 is 0 Å². The molecule has 1 aliphatic carbocycles. The number of likely N-dealkylation sites (N-methyl/N-ethyl adjacent to an activating group) is 1. The number of hydrogen-bond acceptors (Lipinski definition) is 2. The third-order valence-corrected chi connectivity index (χ3v) is 3.33. The van der Waals surface area contributed by atoms with Crippen LogP contribution in [0.4, 0.5) is 0 Å². The van der Waals surface area contributed by atoms with Crippen molar-refractivity contribution in [1.82, 2.24) is 9.80 Å². The van der Waals surface area contributed by atoms with E-state index in [0.717, 1.165) is 18.9 Å². The van der Waals surface area contributed by atoms with Crippen molar-refractivity contribution in [1.29, 1.82) is 5.41 Å². The van der Waals surface area contributed by atoms with Gasteiger partial charge in [0.1, 0.15) is 0 Å². The molecule has 1 saturated heterocycles. The zero-order valence-electron chi connectivity index (χ0n) is 9.13. The second kappa shape index (κ2) is 4.30. The number of nitrogens with one attached hydrogen (secondary N) is 1. The van der Waals surface area contributed by atoms with E-state index in [0.29, 0.717) is 5.92 Å². The molecule has 0 aromatic carbocycles. The summed E-state index contributed by atoms with van der Waals surface area (Å²) in [5.41, 5.74) is 0. The highest BCUT2D eigenvalue weighted by Crippen LogP contribution is 2.30. The van der Waals surface area contributed by atoms with E-state index in [1.165, 1.54) is 38.8 Å². The van der Waals surface area contributed by atoms with E-state index in [1.54, 1.807) is 0 Å². The molecular formula is C11H21N3. The fourth-order valence-electron chi connectivity index (χ4n) is 2.09. The van der Waals surface area contributed by atoms with Crippen molar-refractivity contribution in [3.63, 3.8) is 0 Å². The van der Waals surface area contributed by atoms with Gasteiger partial charge in [0.2, 0.25) is 0 Å². The van der Waals surface area contributed by atoms with Gasteiger partial charge in [0.05, 0.1) is 5.84 Å². The first-order chi connectivity index (χ1) is 6.77. The lowest BCUT2D eigenvalue weighted by Gasteiger charge is -2.23. The van der Waals surface area contributed by atoms with E-state index in [1.807, 2.05) is 0 Å². The average Bonchev–Trinajstić information content (AvgIpc) is 2.91. The second-order valence-electron chi connectivity index (χ2n) is 4.63. The van der Waals surface area contributed by atoms with Crippen LogP contribution in [0.25, 0.3) is 0 Å². The number of amidine groups is 1. The summed E-state index contributed by atoms with van der Waals surface area (Å²) in [6, 6.07) is 0. The van der Waals surface area contributed by atoms with Crippen molar-refractivity contribution in [2.75, 3.05) is 33.2 Å². The Morgan fingerprint density at radius 2 is 2.00 bits per heavy atom. The van der Waals surface area contributed by atoms with Crippen LogP contribution in [0.15, 0.2) is 0 Å². The molecule has 0 spiro atoms. The molecule has 1 heterocycles. The summed E-state index contributed by atoms with van der Waals surface area (Å²) >= 11 is 0. The fraction of sp³-hybridized carbons (Fsp3) is 0.909. The normalized spacial score (nSPS) is 22.6. The molecule has 1 saturated carbocycles. The molecule has 2 aliphatic rings. The minimum atomic E-state index is 0.596. The zero-order valence-corrected chi connectivity index (χ0v) is 9.13. The Morgan fingerprint density at radius 1 is 1.36 bits per heavy atom. The van der Waals surface area contributed by atoms with Crippen LogP contribution in [0.1, 0.15) is 25.7 Å². The molecule has 14 heavy (non-hydrogen) atoms. The molecule has 1 N–H and O–H groups in total. The molecule has 2 rings (SSSR count). The Bertz CT molecular complexity index is 205. The fourth-order valence-corrected chi connectivity index (χ4v) is 2.09. The maximum absolute atomic E-state index is 7.89. The highest BCUT2D eigenvalue weighted by molar-refractivity contribution is 5.83. The van der Waals surface area contributed by atoms with Crippen LogP contribution >= 0.6 is 0 Å². The first kappa shape index (κ1) is 9.97. The number of likely N-dealkylation sites (tertiary alicyclic amines) is 1. The molecule has 3 heteroatoms. The van der Waals surface area contributed by atoms with Gasteiger partial charge in [-0.3, -0.25) is 5.41 Å². The van der Waals surface area contributed by atoms with E-state index in [-0.39, 0.29) is 0 Å². The Labute approximate surface area is 86.6 Å². The smallest absolute Gasteiger partial charge is 0.0987 e. The molecule has 0 aromatic rings. The molecule has 0 aromatic heterocycles. The lowest BCUT2D eigenvalue weighted by atomic mass is 10.3. The maximum atomic E-state index is 7.89. The van der Waals surface area contributed by atoms with Crippen LogP contribution in [0.2, 0.25) is 0 Å². The van der Waals surface area contributed by atoms with Crippen molar-refractivity contribution in [3.05, 3.63) is 0 Å². The van der Waals surface area contributed by atoms with Crippen LogP contribution < -0.4 is 0 Å². The van der Waals surface area contributed by atoms with E-state index in [4.69, 9.17) is 5.41 Å². The highest BCUT2D eigenvalue weighted by Gasteiger charge is 2.28. The molecule has 80 valence electrons. The lowest BCUT2D eigenvalue weighted by Crippen LogP contribution is -2.35. The molecule has 2 fully saturated rings. The van der Waals surface area contributed by atoms with Crippen LogP contribution in [-0.2, 0) is 0 Å². The quantitative estimate of drug-likeness (QED) is 0.543. The molecule has 0 unspecified atom stereocenters. The molecule has 3 nitrogen and oxygen atoms in total. The Hall–Kier alpha value is -0.570. The van der Waals surface area contributed by atoms with Gasteiger partial charge in [-0.1, -0.05) is 0 Å². The third kappa shape index (κ3) is 2.47. The minimum absolute atomic E-state index is 0.596. The predicted octanol–water partition coefficient (Wildman–Crippen LogP) is 1.40. The van der Waals surface area contributed by atoms with Gasteiger partial charge in [-0.25, -0.2) is 0 Å². The molecular weight excluding hydrogens is 174 g/mol. The van der Waals surface area contributed by atoms with Crippen LogP contribution in [0.5, 0.6) is 0 Å². The van der Waals surface area contributed by atoms with Gasteiger partial charge in [0.15, 0.2) is 0 Å². The van der Waals surface area contributed by atoms with Crippen LogP contribution in [0, 0.1) is 11.3 Å². The number of rotatable bonds is 4. The summed E-state index contributed by atoms with van der Waals surface area (Å²) in [6.07, 6.45) is 5.22. The van der Waals surface area contributed by atoms with Crippen LogP contribution in [-0.4, -0.2) is 48.9 Å².